The van der Waals surface area contributed by atoms with Gasteiger partial charge < -0.3 is 0 Å². The number of hydrogen-bond acceptors (Lipinski definition) is 2. The summed E-state index contributed by atoms with van der Waals surface area (Å²) in [4.78, 5) is -0.323. The maximum Gasteiger partial charge on any atom is 0.265 e. The zero-order chi connectivity index (χ0) is 10.9. The van der Waals surface area contributed by atoms with Gasteiger partial charge in [-0.25, -0.2) is 17.2 Å². The third kappa shape index (κ3) is 2.51. The molecule has 0 saturated heterocycles. The van der Waals surface area contributed by atoms with E-state index in [1.54, 1.807) is 0 Å². The number of benzene rings is 1. The van der Waals surface area contributed by atoms with Crippen molar-refractivity contribution in [3.63, 3.8) is 0 Å². The summed E-state index contributed by atoms with van der Waals surface area (Å²) in [6.45, 7) is 0. The maximum atomic E-state index is 12.5. The molecule has 0 fully saturated rings. The Morgan fingerprint density at radius 3 is 2.36 bits per heavy atom. The van der Waals surface area contributed by atoms with Gasteiger partial charge in [-0.3, -0.25) is 0 Å². The summed E-state index contributed by atoms with van der Waals surface area (Å²) in [7, 11) is -3.60. The highest BCUT2D eigenvalue weighted by Gasteiger charge is 2.19. The molecule has 0 spiro atoms. The number of halogens is 3. The minimum Gasteiger partial charge on any atom is -0.224 e. The number of rotatable bonds is 2. The molecule has 0 aliphatic carbocycles. The lowest BCUT2D eigenvalue weighted by molar-refractivity contribution is 0.148. The van der Waals surface area contributed by atoms with Crippen LogP contribution in [0.1, 0.15) is 12.0 Å². The highest BCUT2D eigenvalue weighted by Crippen LogP contribution is 2.29. The predicted octanol–water partition coefficient (Wildman–Crippen LogP) is 2.79. The molecule has 0 atom stereocenters. The van der Waals surface area contributed by atoms with Crippen LogP contribution in [0.25, 0.3) is 0 Å². The first-order chi connectivity index (χ1) is 6.32. The second-order valence-electron chi connectivity index (χ2n) is 2.76. The number of sulfone groups is 1. The van der Waals surface area contributed by atoms with E-state index in [0.717, 1.165) is 12.3 Å². The Bertz CT molecular complexity index is 443. The van der Waals surface area contributed by atoms with Crippen molar-refractivity contribution in [2.24, 2.45) is 0 Å². The van der Waals surface area contributed by atoms with E-state index >= 15 is 0 Å². The molecule has 0 radical (unpaired) electrons. The largest absolute Gasteiger partial charge is 0.265 e. The summed E-state index contributed by atoms with van der Waals surface area (Å²) >= 11 is 3.00. The summed E-state index contributed by atoms with van der Waals surface area (Å²) in [5.41, 5.74) is -0.470. The minimum atomic E-state index is -3.60. The van der Waals surface area contributed by atoms with Gasteiger partial charge in [0.15, 0.2) is 9.84 Å². The molecule has 78 valence electrons. The highest BCUT2D eigenvalue weighted by molar-refractivity contribution is 9.10. The van der Waals surface area contributed by atoms with Gasteiger partial charge in [-0.15, -0.1) is 0 Å². The highest BCUT2D eigenvalue weighted by atomic mass is 79.9. The van der Waals surface area contributed by atoms with Crippen LogP contribution in [0.4, 0.5) is 8.78 Å². The van der Waals surface area contributed by atoms with Crippen LogP contribution in [0.15, 0.2) is 27.6 Å². The lowest BCUT2D eigenvalue weighted by atomic mass is 10.2. The monoisotopic (exact) mass is 284 g/mol. The Morgan fingerprint density at radius 1 is 1.36 bits per heavy atom. The van der Waals surface area contributed by atoms with Crippen molar-refractivity contribution in [1.82, 2.24) is 0 Å². The summed E-state index contributed by atoms with van der Waals surface area (Å²) in [5, 5.41) is 0. The zero-order valence-electron chi connectivity index (χ0n) is 7.17. The Labute approximate surface area is 89.0 Å². The van der Waals surface area contributed by atoms with Gasteiger partial charge in [0.25, 0.3) is 6.43 Å². The van der Waals surface area contributed by atoms with Gasteiger partial charge in [-0.2, -0.15) is 0 Å². The Morgan fingerprint density at radius 2 is 1.93 bits per heavy atom. The van der Waals surface area contributed by atoms with Crippen LogP contribution in [-0.4, -0.2) is 14.7 Å². The van der Waals surface area contributed by atoms with Crippen LogP contribution in [0.3, 0.4) is 0 Å². The molecule has 0 amide bonds. The molecule has 0 aliphatic heterocycles. The molecule has 2 nitrogen and oxygen atoms in total. The van der Waals surface area contributed by atoms with E-state index in [0.29, 0.717) is 4.47 Å². The van der Waals surface area contributed by atoms with Crippen LogP contribution in [0, 0.1) is 0 Å². The predicted molar refractivity (Wildman–Crippen MR) is 52.2 cm³/mol. The van der Waals surface area contributed by atoms with Crippen molar-refractivity contribution in [1.29, 1.82) is 0 Å². The van der Waals surface area contributed by atoms with Crippen molar-refractivity contribution < 1.29 is 17.2 Å². The van der Waals surface area contributed by atoms with Crippen LogP contribution >= 0.6 is 15.9 Å². The molecule has 1 aromatic carbocycles. The van der Waals surface area contributed by atoms with E-state index < -0.39 is 21.8 Å². The topological polar surface area (TPSA) is 34.1 Å². The average molecular weight is 285 g/mol. The molecular formula is C8H7BrF2O2S. The van der Waals surface area contributed by atoms with E-state index in [2.05, 4.69) is 15.9 Å². The van der Waals surface area contributed by atoms with Gasteiger partial charge in [0.05, 0.1) is 4.90 Å². The van der Waals surface area contributed by atoms with Crippen LogP contribution in [0.2, 0.25) is 0 Å². The lowest BCUT2D eigenvalue weighted by Crippen LogP contribution is -2.02. The minimum absolute atomic E-state index is 0.323. The molecule has 0 aromatic heterocycles. The van der Waals surface area contributed by atoms with Crippen molar-refractivity contribution in [2.45, 2.75) is 11.3 Å². The Hall–Kier alpha value is -0.490. The van der Waals surface area contributed by atoms with E-state index in [-0.39, 0.29) is 4.90 Å². The summed E-state index contributed by atoms with van der Waals surface area (Å²) in [6.07, 6.45) is -1.89. The van der Waals surface area contributed by atoms with Crippen LogP contribution in [-0.2, 0) is 9.84 Å². The van der Waals surface area contributed by atoms with Crippen LogP contribution in [0.5, 0.6) is 0 Å². The van der Waals surface area contributed by atoms with E-state index in [4.69, 9.17) is 0 Å². The summed E-state index contributed by atoms with van der Waals surface area (Å²) < 4.78 is 47.6. The average Bonchev–Trinajstić information content (AvgIpc) is 2.01. The van der Waals surface area contributed by atoms with Crippen molar-refractivity contribution in [3.05, 3.63) is 28.2 Å². The molecule has 0 unspecified atom stereocenters. The molecule has 0 heterocycles. The molecule has 0 N–H and O–H groups in total. The van der Waals surface area contributed by atoms with E-state index in [9.17, 15) is 17.2 Å². The van der Waals surface area contributed by atoms with Gasteiger partial charge in [-0.05, 0) is 18.2 Å². The fraction of sp³-hybridized carbons (Fsp3) is 0.250. The first-order valence-electron chi connectivity index (χ1n) is 3.60. The second kappa shape index (κ2) is 3.94. The van der Waals surface area contributed by atoms with Gasteiger partial charge in [0.2, 0.25) is 0 Å². The molecule has 1 aromatic rings. The smallest absolute Gasteiger partial charge is 0.224 e. The normalized spacial score (nSPS) is 12.1. The summed E-state index contributed by atoms with van der Waals surface area (Å²) in [6, 6.07) is 3.70. The SMILES string of the molecule is CS(=O)(=O)c1ccc(Br)cc1C(F)F. The standard InChI is InChI=1S/C8H7BrF2O2S/c1-14(12,13)7-3-2-5(9)4-6(7)8(10)11/h2-4,8H,1H3. The first kappa shape index (κ1) is 11.6. The van der Waals surface area contributed by atoms with Crippen molar-refractivity contribution in [2.75, 3.05) is 6.26 Å². The molecule has 0 saturated carbocycles. The van der Waals surface area contributed by atoms with Crippen molar-refractivity contribution >= 4 is 25.8 Å². The fourth-order valence-electron chi connectivity index (χ4n) is 1.03. The number of alkyl halides is 2. The maximum absolute atomic E-state index is 12.5. The van der Waals surface area contributed by atoms with Gasteiger partial charge in [-0.1, -0.05) is 15.9 Å². The fourth-order valence-corrected chi connectivity index (χ4v) is 2.30. The van der Waals surface area contributed by atoms with E-state index in [1.807, 2.05) is 0 Å². The van der Waals surface area contributed by atoms with Crippen molar-refractivity contribution in [3.8, 4) is 0 Å². The van der Waals surface area contributed by atoms with Gasteiger partial charge in [0, 0.05) is 16.3 Å². The van der Waals surface area contributed by atoms with E-state index in [1.165, 1.54) is 12.1 Å². The van der Waals surface area contributed by atoms with Gasteiger partial charge in [0.1, 0.15) is 0 Å². The summed E-state index contributed by atoms with van der Waals surface area (Å²) in [5.74, 6) is 0. The Kier molecular flexibility index (Phi) is 3.26. The Balaban J connectivity index is 3.45. The van der Waals surface area contributed by atoms with Crippen LogP contribution < -0.4 is 0 Å². The second-order valence-corrected chi connectivity index (χ2v) is 5.65. The molecule has 6 heteroatoms. The molecular weight excluding hydrogens is 278 g/mol. The molecule has 0 aliphatic rings. The number of hydrogen-bond donors (Lipinski definition) is 0. The lowest BCUT2D eigenvalue weighted by Gasteiger charge is -2.06. The first-order valence-corrected chi connectivity index (χ1v) is 6.28. The molecule has 1 rings (SSSR count). The zero-order valence-corrected chi connectivity index (χ0v) is 9.57. The third-order valence-corrected chi connectivity index (χ3v) is 3.27. The third-order valence-electron chi connectivity index (χ3n) is 1.61. The molecule has 0 bridgehead atoms. The molecule has 14 heavy (non-hydrogen) atoms. The quantitative estimate of drug-likeness (QED) is 0.837. The van der Waals surface area contributed by atoms with Gasteiger partial charge >= 0.3 is 0 Å².